The predicted octanol–water partition coefficient (Wildman–Crippen LogP) is 2.73. The van der Waals surface area contributed by atoms with Crippen molar-refractivity contribution in [3.63, 3.8) is 0 Å². The van der Waals surface area contributed by atoms with Gasteiger partial charge in [-0.05, 0) is 31.4 Å². The van der Waals surface area contributed by atoms with Gasteiger partial charge >= 0.3 is 6.18 Å². The molecule has 3 atom stereocenters. The smallest absolute Gasteiger partial charge is 0.417 e. The van der Waals surface area contributed by atoms with Crippen molar-refractivity contribution in [1.82, 2.24) is 0 Å². The lowest BCUT2D eigenvalue weighted by atomic mass is 9.90. The first-order valence-corrected chi connectivity index (χ1v) is 6.62. The average Bonchev–Trinajstić information content (AvgIpc) is 2.80. The third-order valence-corrected chi connectivity index (χ3v) is 3.80. The van der Waals surface area contributed by atoms with Gasteiger partial charge in [0.2, 0.25) is 5.90 Å². The molecule has 1 aliphatic heterocycles. The van der Waals surface area contributed by atoms with E-state index in [1.807, 2.05) is 0 Å². The van der Waals surface area contributed by atoms with Crippen molar-refractivity contribution in [3.8, 4) is 0 Å². The van der Waals surface area contributed by atoms with Crippen LogP contribution in [0.4, 0.5) is 13.2 Å². The molecule has 0 saturated heterocycles. The van der Waals surface area contributed by atoms with Crippen LogP contribution in [0, 0.1) is 0 Å². The molecule has 108 valence electrons. The fourth-order valence-corrected chi connectivity index (χ4v) is 2.80. The lowest BCUT2D eigenvalue weighted by Crippen LogP contribution is -2.37. The number of benzene rings is 1. The van der Waals surface area contributed by atoms with Crippen molar-refractivity contribution in [2.75, 3.05) is 0 Å². The summed E-state index contributed by atoms with van der Waals surface area (Å²) in [4.78, 5) is 4.32. The molecule has 0 radical (unpaired) electrons. The Morgan fingerprint density at radius 3 is 2.70 bits per heavy atom. The fourth-order valence-electron chi connectivity index (χ4n) is 2.80. The number of hydrogen-bond acceptors (Lipinski definition) is 3. The number of halogens is 3. The van der Waals surface area contributed by atoms with Gasteiger partial charge in [0, 0.05) is 11.6 Å². The Labute approximate surface area is 114 Å². The minimum atomic E-state index is -4.41. The van der Waals surface area contributed by atoms with E-state index in [1.165, 1.54) is 12.1 Å². The summed E-state index contributed by atoms with van der Waals surface area (Å²) in [7, 11) is 0. The molecule has 3 nitrogen and oxygen atoms in total. The molecule has 1 aliphatic carbocycles. The first kappa shape index (κ1) is 13.4. The molecule has 3 unspecified atom stereocenters. The Morgan fingerprint density at radius 2 is 1.95 bits per heavy atom. The molecule has 6 heteroatoms. The molecular formula is C14H15F3N2O. The first-order valence-electron chi connectivity index (χ1n) is 6.62. The number of fused-ring (bicyclic) bond motifs is 1. The zero-order valence-electron chi connectivity index (χ0n) is 10.7. The summed E-state index contributed by atoms with van der Waals surface area (Å²) in [5, 5.41) is 0. The largest absolute Gasteiger partial charge is 0.472 e. The molecule has 2 aliphatic rings. The molecule has 1 aromatic rings. The number of alkyl halides is 3. The van der Waals surface area contributed by atoms with Gasteiger partial charge in [-0.1, -0.05) is 12.1 Å². The van der Waals surface area contributed by atoms with E-state index >= 15 is 0 Å². The summed E-state index contributed by atoms with van der Waals surface area (Å²) < 4.78 is 44.6. The third-order valence-electron chi connectivity index (χ3n) is 3.80. The molecule has 1 fully saturated rings. The Morgan fingerprint density at radius 1 is 1.20 bits per heavy atom. The monoisotopic (exact) mass is 284 g/mol. The number of nitrogens with zero attached hydrogens (tertiary/aromatic N) is 1. The van der Waals surface area contributed by atoms with E-state index in [2.05, 4.69) is 4.99 Å². The van der Waals surface area contributed by atoms with Gasteiger partial charge in [0.1, 0.15) is 6.10 Å². The average molecular weight is 284 g/mol. The highest BCUT2D eigenvalue weighted by molar-refractivity contribution is 5.97. The van der Waals surface area contributed by atoms with Gasteiger partial charge in [-0.25, -0.2) is 4.99 Å². The van der Waals surface area contributed by atoms with Crippen molar-refractivity contribution < 1.29 is 17.9 Å². The summed E-state index contributed by atoms with van der Waals surface area (Å²) >= 11 is 0. The summed E-state index contributed by atoms with van der Waals surface area (Å²) in [5.74, 6) is 0.0991. The number of aliphatic imine (C=N–C) groups is 1. The van der Waals surface area contributed by atoms with Crippen LogP contribution in [-0.4, -0.2) is 24.1 Å². The minimum Gasteiger partial charge on any atom is -0.472 e. The zero-order chi connectivity index (χ0) is 14.3. The van der Waals surface area contributed by atoms with E-state index in [1.54, 1.807) is 6.07 Å². The summed E-state index contributed by atoms with van der Waals surface area (Å²) in [6.07, 6.45) is -2.31. The van der Waals surface area contributed by atoms with Gasteiger partial charge in [-0.2, -0.15) is 13.2 Å². The highest BCUT2D eigenvalue weighted by Crippen LogP contribution is 2.35. The van der Waals surface area contributed by atoms with Crippen molar-refractivity contribution >= 4 is 5.90 Å². The van der Waals surface area contributed by atoms with E-state index in [-0.39, 0.29) is 29.6 Å². The van der Waals surface area contributed by atoms with Crippen LogP contribution in [0.2, 0.25) is 0 Å². The SMILES string of the molecule is NC1CCC2OC(c3ccccc3C(F)(F)F)=NC2C1. The fraction of sp³-hybridized carbons (Fsp3) is 0.500. The molecule has 20 heavy (non-hydrogen) atoms. The van der Waals surface area contributed by atoms with E-state index in [9.17, 15) is 13.2 Å². The summed E-state index contributed by atoms with van der Waals surface area (Å²) in [6, 6.07) is 5.32. The molecule has 1 heterocycles. The van der Waals surface area contributed by atoms with Gasteiger partial charge < -0.3 is 10.5 Å². The second-order valence-corrected chi connectivity index (χ2v) is 5.27. The summed E-state index contributed by atoms with van der Waals surface area (Å²) in [5.41, 5.74) is 5.18. The quantitative estimate of drug-likeness (QED) is 0.862. The van der Waals surface area contributed by atoms with Crippen LogP contribution >= 0.6 is 0 Å². The number of hydrogen-bond donors (Lipinski definition) is 1. The maximum atomic E-state index is 13.0. The second kappa shape index (κ2) is 4.77. The van der Waals surface area contributed by atoms with Crippen LogP contribution in [0.3, 0.4) is 0 Å². The normalized spacial score (nSPS) is 29.6. The molecule has 0 spiro atoms. The third kappa shape index (κ3) is 2.40. The van der Waals surface area contributed by atoms with Gasteiger partial charge in [-0.15, -0.1) is 0 Å². The Hall–Kier alpha value is -1.56. The lowest BCUT2D eigenvalue weighted by Gasteiger charge is -2.26. The van der Waals surface area contributed by atoms with Gasteiger partial charge in [-0.3, -0.25) is 0 Å². The Bertz CT molecular complexity index is 541. The van der Waals surface area contributed by atoms with Crippen LogP contribution in [0.25, 0.3) is 0 Å². The molecule has 1 aromatic carbocycles. The standard InChI is InChI=1S/C14H15F3N2O/c15-14(16,17)10-4-2-1-3-9(10)13-19-11-7-8(18)5-6-12(11)20-13/h1-4,8,11-12H,5-7,18H2. The molecule has 0 aromatic heterocycles. The molecule has 3 rings (SSSR count). The molecule has 2 N–H and O–H groups in total. The van der Waals surface area contributed by atoms with E-state index in [4.69, 9.17) is 10.5 Å². The Kier molecular flexibility index (Phi) is 3.20. The predicted molar refractivity (Wildman–Crippen MR) is 68.5 cm³/mol. The molecule has 1 saturated carbocycles. The maximum absolute atomic E-state index is 13.0. The zero-order valence-corrected chi connectivity index (χ0v) is 10.7. The van der Waals surface area contributed by atoms with Crippen molar-refractivity contribution in [2.24, 2.45) is 10.7 Å². The number of rotatable bonds is 1. The highest BCUT2D eigenvalue weighted by Gasteiger charge is 2.40. The van der Waals surface area contributed by atoms with Gasteiger partial charge in [0.25, 0.3) is 0 Å². The maximum Gasteiger partial charge on any atom is 0.417 e. The van der Waals surface area contributed by atoms with Gasteiger partial charge in [0.15, 0.2) is 0 Å². The number of ether oxygens (including phenoxy) is 1. The minimum absolute atomic E-state index is 0.0166. The van der Waals surface area contributed by atoms with Crippen molar-refractivity contribution in [1.29, 1.82) is 0 Å². The van der Waals surface area contributed by atoms with E-state index < -0.39 is 11.7 Å². The van der Waals surface area contributed by atoms with Crippen LogP contribution < -0.4 is 5.73 Å². The van der Waals surface area contributed by atoms with Crippen LogP contribution in [0.15, 0.2) is 29.3 Å². The second-order valence-electron chi connectivity index (χ2n) is 5.27. The van der Waals surface area contributed by atoms with Crippen LogP contribution in [0.1, 0.15) is 30.4 Å². The van der Waals surface area contributed by atoms with Crippen molar-refractivity contribution in [3.05, 3.63) is 35.4 Å². The Balaban J connectivity index is 1.93. The van der Waals surface area contributed by atoms with E-state index in [0.29, 0.717) is 6.42 Å². The first-order chi connectivity index (χ1) is 9.45. The molecule has 0 bridgehead atoms. The van der Waals surface area contributed by atoms with Crippen LogP contribution in [-0.2, 0) is 10.9 Å². The highest BCUT2D eigenvalue weighted by atomic mass is 19.4. The molecular weight excluding hydrogens is 269 g/mol. The number of nitrogens with two attached hydrogens (primary N) is 1. The summed E-state index contributed by atoms with van der Waals surface area (Å²) in [6.45, 7) is 0. The van der Waals surface area contributed by atoms with E-state index in [0.717, 1.165) is 18.9 Å². The van der Waals surface area contributed by atoms with Gasteiger partial charge in [0.05, 0.1) is 11.6 Å². The molecule has 0 amide bonds. The van der Waals surface area contributed by atoms with Crippen LogP contribution in [0.5, 0.6) is 0 Å². The van der Waals surface area contributed by atoms with Crippen molar-refractivity contribution in [2.45, 2.75) is 43.6 Å². The topological polar surface area (TPSA) is 47.6 Å². The lowest BCUT2D eigenvalue weighted by molar-refractivity contribution is -0.137.